The average molecular weight is 326 g/mol. The van der Waals surface area contributed by atoms with Gasteiger partial charge in [0.15, 0.2) is 0 Å². The first kappa shape index (κ1) is 14.9. The Labute approximate surface area is 139 Å². The normalized spacial score (nSPS) is 22.5. The zero-order valence-corrected chi connectivity index (χ0v) is 13.4. The summed E-state index contributed by atoms with van der Waals surface area (Å²) >= 11 is 0. The first-order valence-corrected chi connectivity index (χ1v) is 8.08. The van der Waals surface area contributed by atoms with Gasteiger partial charge in [-0.25, -0.2) is 4.98 Å². The fraction of sp³-hybridized carbons (Fsp3) is 0.389. The van der Waals surface area contributed by atoms with Crippen LogP contribution in [0.1, 0.15) is 11.5 Å². The van der Waals surface area contributed by atoms with Crippen LogP contribution in [0.4, 0.5) is 0 Å². The van der Waals surface area contributed by atoms with Crippen LogP contribution in [0.25, 0.3) is 11.5 Å². The Kier molecular flexibility index (Phi) is 3.59. The van der Waals surface area contributed by atoms with Crippen molar-refractivity contribution in [1.29, 1.82) is 0 Å². The second kappa shape index (κ2) is 5.78. The molecule has 1 amide bonds. The number of aromatic nitrogens is 1. The van der Waals surface area contributed by atoms with Crippen LogP contribution in [-0.4, -0.2) is 41.5 Å². The van der Waals surface area contributed by atoms with E-state index in [0.29, 0.717) is 37.0 Å². The SMILES string of the molecule is Cc1oc(-c2ccccc2)nc1CC(=O)N1C[C@@H]2COC(=O)[C@@H]2C1. The van der Waals surface area contributed by atoms with Crippen LogP contribution < -0.4 is 0 Å². The molecule has 2 fully saturated rings. The van der Waals surface area contributed by atoms with E-state index in [1.807, 2.05) is 37.3 Å². The number of nitrogens with zero attached hydrogens (tertiary/aromatic N) is 2. The Bertz CT molecular complexity index is 784. The number of benzene rings is 1. The number of carbonyl (C=O) groups is 2. The van der Waals surface area contributed by atoms with Crippen molar-refractivity contribution in [2.45, 2.75) is 13.3 Å². The van der Waals surface area contributed by atoms with Gasteiger partial charge in [-0.1, -0.05) is 18.2 Å². The number of esters is 1. The number of amides is 1. The summed E-state index contributed by atoms with van der Waals surface area (Å²) in [6.45, 7) is 3.27. The van der Waals surface area contributed by atoms with Crippen molar-refractivity contribution in [2.75, 3.05) is 19.7 Å². The molecule has 1 aromatic heterocycles. The number of oxazole rings is 1. The highest BCUT2D eigenvalue weighted by Gasteiger charge is 2.45. The highest BCUT2D eigenvalue weighted by atomic mass is 16.5. The molecule has 0 unspecified atom stereocenters. The van der Waals surface area contributed by atoms with E-state index < -0.39 is 0 Å². The molecule has 1 aromatic carbocycles. The minimum atomic E-state index is -0.181. The van der Waals surface area contributed by atoms with Crippen molar-refractivity contribution in [3.63, 3.8) is 0 Å². The summed E-state index contributed by atoms with van der Waals surface area (Å²) < 4.78 is 10.7. The topological polar surface area (TPSA) is 72.6 Å². The lowest BCUT2D eigenvalue weighted by molar-refractivity contribution is -0.142. The maximum Gasteiger partial charge on any atom is 0.311 e. The first-order valence-electron chi connectivity index (χ1n) is 8.08. The van der Waals surface area contributed by atoms with E-state index in [2.05, 4.69) is 4.98 Å². The second-order valence-electron chi connectivity index (χ2n) is 6.36. The minimum absolute atomic E-state index is 0.0202. The number of hydrogen-bond acceptors (Lipinski definition) is 5. The molecular formula is C18H18N2O4. The molecule has 0 radical (unpaired) electrons. The molecule has 2 aliphatic heterocycles. The molecule has 2 atom stereocenters. The Morgan fingerprint density at radius 2 is 2.08 bits per heavy atom. The van der Waals surface area contributed by atoms with Crippen molar-refractivity contribution in [2.24, 2.45) is 11.8 Å². The molecule has 0 aliphatic carbocycles. The molecule has 24 heavy (non-hydrogen) atoms. The third-order valence-corrected chi connectivity index (χ3v) is 4.77. The lowest BCUT2D eigenvalue weighted by Gasteiger charge is -2.16. The summed E-state index contributed by atoms with van der Waals surface area (Å²) in [7, 11) is 0. The van der Waals surface area contributed by atoms with Crippen molar-refractivity contribution in [3.8, 4) is 11.5 Å². The zero-order valence-electron chi connectivity index (χ0n) is 13.4. The average Bonchev–Trinajstić information content (AvgIpc) is 3.26. The van der Waals surface area contributed by atoms with Gasteiger partial charge in [-0.3, -0.25) is 9.59 Å². The van der Waals surface area contributed by atoms with E-state index >= 15 is 0 Å². The van der Waals surface area contributed by atoms with Gasteiger partial charge in [0.2, 0.25) is 11.8 Å². The Morgan fingerprint density at radius 3 is 2.83 bits per heavy atom. The Balaban J connectivity index is 1.47. The van der Waals surface area contributed by atoms with Crippen LogP contribution >= 0.6 is 0 Å². The minimum Gasteiger partial charge on any atom is -0.465 e. The van der Waals surface area contributed by atoms with Crippen LogP contribution in [0.15, 0.2) is 34.7 Å². The van der Waals surface area contributed by atoms with E-state index in [9.17, 15) is 9.59 Å². The smallest absolute Gasteiger partial charge is 0.311 e. The maximum atomic E-state index is 12.5. The molecule has 2 saturated heterocycles. The van der Waals surface area contributed by atoms with Gasteiger partial charge >= 0.3 is 5.97 Å². The van der Waals surface area contributed by atoms with Gasteiger partial charge in [0, 0.05) is 24.6 Å². The van der Waals surface area contributed by atoms with Crippen molar-refractivity contribution in [1.82, 2.24) is 9.88 Å². The number of likely N-dealkylation sites (tertiary alicyclic amines) is 1. The van der Waals surface area contributed by atoms with Crippen molar-refractivity contribution >= 4 is 11.9 Å². The Hall–Kier alpha value is -2.63. The summed E-state index contributed by atoms with van der Waals surface area (Å²) in [6.07, 6.45) is 0.191. The first-order chi connectivity index (χ1) is 11.6. The lowest BCUT2D eigenvalue weighted by atomic mass is 10.0. The molecule has 0 N–H and O–H groups in total. The number of ether oxygens (including phenoxy) is 1. The largest absolute Gasteiger partial charge is 0.465 e. The maximum absolute atomic E-state index is 12.5. The summed E-state index contributed by atoms with van der Waals surface area (Å²) in [5, 5.41) is 0. The molecule has 2 aromatic rings. The molecule has 0 saturated carbocycles. The highest BCUT2D eigenvalue weighted by Crippen LogP contribution is 2.31. The highest BCUT2D eigenvalue weighted by molar-refractivity contribution is 5.82. The van der Waals surface area contributed by atoms with Crippen LogP contribution in [0.2, 0.25) is 0 Å². The van der Waals surface area contributed by atoms with Crippen molar-refractivity contribution in [3.05, 3.63) is 41.8 Å². The molecule has 0 spiro atoms. The van der Waals surface area contributed by atoms with Crippen LogP contribution in [0, 0.1) is 18.8 Å². The number of rotatable bonds is 3. The van der Waals surface area contributed by atoms with E-state index in [0.717, 1.165) is 5.56 Å². The number of cyclic esters (lactones) is 1. The Morgan fingerprint density at radius 1 is 1.29 bits per heavy atom. The number of hydrogen-bond donors (Lipinski definition) is 0. The van der Waals surface area contributed by atoms with Crippen molar-refractivity contribution < 1.29 is 18.7 Å². The van der Waals surface area contributed by atoms with E-state index in [4.69, 9.17) is 9.15 Å². The number of carbonyl (C=O) groups excluding carboxylic acids is 2. The van der Waals surface area contributed by atoms with E-state index in [1.54, 1.807) is 4.90 Å². The van der Waals surface area contributed by atoms with Crippen LogP contribution in [-0.2, 0) is 20.7 Å². The molecule has 4 rings (SSSR count). The monoisotopic (exact) mass is 326 g/mol. The van der Waals surface area contributed by atoms with Crippen LogP contribution in [0.5, 0.6) is 0 Å². The van der Waals surface area contributed by atoms with Crippen LogP contribution in [0.3, 0.4) is 0 Å². The predicted octanol–water partition coefficient (Wildman–Crippen LogP) is 1.82. The lowest BCUT2D eigenvalue weighted by Crippen LogP contribution is -2.32. The van der Waals surface area contributed by atoms with Gasteiger partial charge in [0.1, 0.15) is 5.76 Å². The molecule has 6 heteroatoms. The number of aryl methyl sites for hydroxylation is 1. The summed E-state index contributed by atoms with van der Waals surface area (Å²) in [6, 6.07) is 9.61. The molecule has 2 aliphatic rings. The summed E-state index contributed by atoms with van der Waals surface area (Å²) in [5.74, 6) is 0.957. The van der Waals surface area contributed by atoms with Gasteiger partial charge in [0.25, 0.3) is 0 Å². The number of fused-ring (bicyclic) bond motifs is 1. The van der Waals surface area contributed by atoms with E-state index in [-0.39, 0.29) is 30.1 Å². The van der Waals surface area contributed by atoms with Gasteiger partial charge in [0.05, 0.1) is 24.6 Å². The summed E-state index contributed by atoms with van der Waals surface area (Å²) in [5.41, 5.74) is 1.54. The summed E-state index contributed by atoms with van der Waals surface area (Å²) in [4.78, 5) is 30.4. The predicted molar refractivity (Wildman–Crippen MR) is 84.9 cm³/mol. The molecular weight excluding hydrogens is 308 g/mol. The van der Waals surface area contributed by atoms with Gasteiger partial charge in [-0.05, 0) is 19.1 Å². The molecule has 124 valence electrons. The van der Waals surface area contributed by atoms with Gasteiger partial charge in [-0.15, -0.1) is 0 Å². The van der Waals surface area contributed by atoms with Gasteiger partial charge in [-0.2, -0.15) is 0 Å². The third kappa shape index (κ3) is 2.58. The fourth-order valence-corrected chi connectivity index (χ4v) is 3.36. The zero-order chi connectivity index (χ0) is 16.7. The molecule has 3 heterocycles. The molecule has 0 bridgehead atoms. The van der Waals surface area contributed by atoms with E-state index in [1.165, 1.54) is 0 Å². The fourth-order valence-electron chi connectivity index (χ4n) is 3.36. The second-order valence-corrected chi connectivity index (χ2v) is 6.36. The standard InChI is InChI=1S/C18H18N2O4/c1-11-15(19-17(24-11)12-5-3-2-4-6-12)7-16(21)20-8-13-10-23-18(22)14(13)9-20/h2-6,13-14H,7-10H2,1H3/t13-,14-/m1/s1. The molecule has 6 nitrogen and oxygen atoms in total. The van der Waals surface area contributed by atoms with Gasteiger partial charge < -0.3 is 14.1 Å². The third-order valence-electron chi connectivity index (χ3n) is 4.77. The quantitative estimate of drug-likeness (QED) is 0.805.